The van der Waals surface area contributed by atoms with Gasteiger partial charge in [0.1, 0.15) is 0 Å². The van der Waals surface area contributed by atoms with Crippen molar-refractivity contribution in [3.05, 3.63) is 0 Å². The highest BCUT2D eigenvalue weighted by molar-refractivity contribution is 5.82. The van der Waals surface area contributed by atoms with Gasteiger partial charge < -0.3 is 10.2 Å². The van der Waals surface area contributed by atoms with Crippen LogP contribution in [-0.4, -0.2) is 36.3 Å². The maximum Gasteiger partial charge on any atom is 0.225 e. The van der Waals surface area contributed by atoms with Crippen LogP contribution >= 0.6 is 0 Å². The third-order valence-electron chi connectivity index (χ3n) is 5.21. The van der Waals surface area contributed by atoms with Gasteiger partial charge in [-0.3, -0.25) is 9.59 Å². The molecule has 0 bridgehead atoms. The van der Waals surface area contributed by atoms with Gasteiger partial charge in [-0.25, -0.2) is 0 Å². The van der Waals surface area contributed by atoms with E-state index in [9.17, 15) is 9.59 Å². The van der Waals surface area contributed by atoms with Crippen molar-refractivity contribution in [1.82, 2.24) is 10.2 Å². The minimum Gasteiger partial charge on any atom is -0.356 e. The summed E-state index contributed by atoms with van der Waals surface area (Å²) in [6.45, 7) is 6.76. The number of unbranched alkanes of at least 4 members (excludes halogenated alkanes) is 1. The first-order valence-corrected chi connectivity index (χ1v) is 9.22. The van der Waals surface area contributed by atoms with Gasteiger partial charge in [0.2, 0.25) is 11.8 Å². The summed E-state index contributed by atoms with van der Waals surface area (Å²) >= 11 is 0. The number of carbonyl (C=O) groups is 2. The van der Waals surface area contributed by atoms with E-state index in [1.54, 1.807) is 0 Å². The zero-order valence-corrected chi connectivity index (χ0v) is 14.3. The van der Waals surface area contributed by atoms with Crippen LogP contribution in [0.5, 0.6) is 0 Å². The van der Waals surface area contributed by atoms with E-state index in [1.807, 2.05) is 4.90 Å². The van der Waals surface area contributed by atoms with E-state index < -0.39 is 0 Å². The van der Waals surface area contributed by atoms with Crippen molar-refractivity contribution in [3.8, 4) is 0 Å². The SMILES string of the molecule is CCCCC(CC)CNC(=O)C1CCN(C(=O)C2CC2)CC1. The van der Waals surface area contributed by atoms with Crippen molar-refractivity contribution in [2.45, 2.75) is 65.2 Å². The Hall–Kier alpha value is -1.06. The minimum atomic E-state index is 0.104. The first-order chi connectivity index (χ1) is 10.7. The zero-order valence-electron chi connectivity index (χ0n) is 14.3. The molecule has 2 amide bonds. The second-order valence-electron chi connectivity index (χ2n) is 7.04. The fraction of sp³-hybridized carbons (Fsp3) is 0.889. The zero-order chi connectivity index (χ0) is 15.9. The van der Waals surface area contributed by atoms with Crippen LogP contribution in [0.3, 0.4) is 0 Å². The molecule has 1 atom stereocenters. The summed E-state index contributed by atoms with van der Waals surface area (Å²) in [6.07, 6.45) is 8.60. The Kier molecular flexibility index (Phi) is 6.71. The number of hydrogen-bond acceptors (Lipinski definition) is 2. The van der Waals surface area contributed by atoms with Gasteiger partial charge in [0.15, 0.2) is 0 Å². The number of likely N-dealkylation sites (tertiary alicyclic amines) is 1. The molecule has 22 heavy (non-hydrogen) atoms. The second-order valence-corrected chi connectivity index (χ2v) is 7.04. The molecule has 0 spiro atoms. The predicted molar refractivity (Wildman–Crippen MR) is 88.3 cm³/mol. The lowest BCUT2D eigenvalue weighted by atomic mass is 9.94. The van der Waals surface area contributed by atoms with Gasteiger partial charge in [0.05, 0.1) is 0 Å². The number of nitrogens with one attached hydrogen (secondary N) is 1. The van der Waals surface area contributed by atoms with Crippen LogP contribution in [0.1, 0.15) is 65.2 Å². The molecular formula is C18H32N2O2. The van der Waals surface area contributed by atoms with E-state index in [-0.39, 0.29) is 11.8 Å². The summed E-state index contributed by atoms with van der Waals surface area (Å²) in [5.74, 6) is 1.54. The van der Waals surface area contributed by atoms with Crippen LogP contribution in [-0.2, 0) is 9.59 Å². The van der Waals surface area contributed by atoms with E-state index in [4.69, 9.17) is 0 Å². The lowest BCUT2D eigenvalue weighted by Crippen LogP contribution is -2.44. The molecule has 1 unspecified atom stereocenters. The molecule has 0 aromatic heterocycles. The molecule has 1 aliphatic carbocycles. The number of nitrogens with zero attached hydrogens (tertiary/aromatic N) is 1. The molecule has 2 fully saturated rings. The Morgan fingerprint density at radius 1 is 1.09 bits per heavy atom. The molecule has 126 valence electrons. The van der Waals surface area contributed by atoms with Gasteiger partial charge in [-0.15, -0.1) is 0 Å². The summed E-state index contributed by atoms with van der Waals surface area (Å²) in [7, 11) is 0. The highest BCUT2D eigenvalue weighted by Gasteiger charge is 2.35. The quantitative estimate of drug-likeness (QED) is 0.749. The van der Waals surface area contributed by atoms with Crippen LogP contribution in [0, 0.1) is 17.8 Å². The van der Waals surface area contributed by atoms with E-state index in [0.717, 1.165) is 51.7 Å². The largest absolute Gasteiger partial charge is 0.356 e. The summed E-state index contributed by atoms with van der Waals surface area (Å²) in [6, 6.07) is 0. The molecule has 4 nitrogen and oxygen atoms in total. The van der Waals surface area contributed by atoms with Crippen molar-refractivity contribution in [2.75, 3.05) is 19.6 Å². The van der Waals surface area contributed by atoms with Crippen LogP contribution in [0.2, 0.25) is 0 Å². The molecule has 1 N–H and O–H groups in total. The van der Waals surface area contributed by atoms with Gasteiger partial charge in [-0.2, -0.15) is 0 Å². The molecule has 2 aliphatic rings. The van der Waals surface area contributed by atoms with Crippen LogP contribution in [0.4, 0.5) is 0 Å². The number of carbonyl (C=O) groups excluding carboxylic acids is 2. The molecule has 1 aliphatic heterocycles. The lowest BCUT2D eigenvalue weighted by molar-refractivity contribution is -0.136. The first-order valence-electron chi connectivity index (χ1n) is 9.22. The van der Waals surface area contributed by atoms with Crippen molar-refractivity contribution in [3.63, 3.8) is 0 Å². The molecule has 4 heteroatoms. The number of amides is 2. The average molecular weight is 308 g/mol. The van der Waals surface area contributed by atoms with Crippen LogP contribution in [0.25, 0.3) is 0 Å². The molecule has 0 radical (unpaired) electrons. The number of piperidine rings is 1. The third-order valence-corrected chi connectivity index (χ3v) is 5.21. The van der Waals surface area contributed by atoms with E-state index in [2.05, 4.69) is 19.2 Å². The topological polar surface area (TPSA) is 49.4 Å². The Labute approximate surface area is 135 Å². The number of rotatable bonds is 8. The standard InChI is InChI=1S/C18H32N2O2/c1-3-5-6-14(4-2)13-19-17(21)15-9-11-20(12-10-15)18(22)16-7-8-16/h14-16H,3-13H2,1-2H3,(H,19,21). The maximum atomic E-state index is 12.3. The number of hydrogen-bond donors (Lipinski definition) is 1. The molecular weight excluding hydrogens is 276 g/mol. The first kappa shape index (κ1) is 17.3. The van der Waals surface area contributed by atoms with Crippen molar-refractivity contribution in [1.29, 1.82) is 0 Å². The van der Waals surface area contributed by atoms with Crippen LogP contribution < -0.4 is 5.32 Å². The smallest absolute Gasteiger partial charge is 0.225 e. The fourth-order valence-corrected chi connectivity index (χ4v) is 3.28. The summed E-state index contributed by atoms with van der Waals surface area (Å²) in [4.78, 5) is 26.3. The highest BCUT2D eigenvalue weighted by Crippen LogP contribution is 2.32. The highest BCUT2D eigenvalue weighted by atomic mass is 16.2. The van der Waals surface area contributed by atoms with E-state index in [1.165, 1.54) is 19.3 Å². The molecule has 1 saturated heterocycles. The molecule has 2 rings (SSSR count). The second kappa shape index (κ2) is 8.54. The summed E-state index contributed by atoms with van der Waals surface area (Å²) in [5, 5.41) is 3.15. The summed E-state index contributed by atoms with van der Waals surface area (Å²) in [5.41, 5.74) is 0. The van der Waals surface area contributed by atoms with Crippen molar-refractivity contribution in [2.24, 2.45) is 17.8 Å². The normalized spacial score (nSPS) is 20.7. The van der Waals surface area contributed by atoms with Gasteiger partial charge >= 0.3 is 0 Å². The molecule has 1 heterocycles. The maximum absolute atomic E-state index is 12.3. The lowest BCUT2D eigenvalue weighted by Gasteiger charge is -2.31. The van der Waals surface area contributed by atoms with Gasteiger partial charge in [-0.05, 0) is 38.0 Å². The van der Waals surface area contributed by atoms with E-state index in [0.29, 0.717) is 17.7 Å². The average Bonchev–Trinajstić information content (AvgIpc) is 3.39. The molecule has 0 aromatic carbocycles. The third kappa shape index (κ3) is 4.99. The summed E-state index contributed by atoms with van der Waals surface area (Å²) < 4.78 is 0. The van der Waals surface area contributed by atoms with Crippen molar-refractivity contribution < 1.29 is 9.59 Å². The molecule has 0 aromatic rings. The molecule has 1 saturated carbocycles. The Balaban J connectivity index is 1.67. The minimum absolute atomic E-state index is 0.104. The monoisotopic (exact) mass is 308 g/mol. The van der Waals surface area contributed by atoms with Gasteiger partial charge in [0, 0.05) is 31.5 Å². The Morgan fingerprint density at radius 2 is 1.77 bits per heavy atom. The van der Waals surface area contributed by atoms with Crippen molar-refractivity contribution >= 4 is 11.8 Å². The van der Waals surface area contributed by atoms with Gasteiger partial charge in [-0.1, -0.05) is 33.1 Å². The predicted octanol–water partition coefficient (Wildman–Crippen LogP) is 2.97. The van der Waals surface area contributed by atoms with Crippen LogP contribution in [0.15, 0.2) is 0 Å². The Morgan fingerprint density at radius 3 is 2.32 bits per heavy atom. The Bertz CT molecular complexity index is 371. The fourth-order valence-electron chi connectivity index (χ4n) is 3.28. The van der Waals surface area contributed by atoms with E-state index >= 15 is 0 Å². The van der Waals surface area contributed by atoms with Gasteiger partial charge in [0.25, 0.3) is 0 Å².